The summed E-state index contributed by atoms with van der Waals surface area (Å²) in [7, 11) is 0. The molecule has 8 heteroatoms. The van der Waals surface area contributed by atoms with Gasteiger partial charge >= 0.3 is 0 Å². The van der Waals surface area contributed by atoms with E-state index in [-0.39, 0.29) is 11.1 Å². The average molecular weight is 248 g/mol. The maximum absolute atomic E-state index is 11.7. The lowest BCUT2D eigenvalue weighted by molar-refractivity contribution is -0.385. The lowest BCUT2D eigenvalue weighted by Gasteiger charge is -1.99. The zero-order valence-electron chi connectivity index (χ0n) is 8.23. The van der Waals surface area contributed by atoms with Crippen LogP contribution in [0.5, 0.6) is 0 Å². The number of hydrogen-bond donors (Lipinski definition) is 0. The summed E-state index contributed by atoms with van der Waals surface area (Å²) in [6, 6.07) is 1.20. The van der Waals surface area contributed by atoms with E-state index in [1.807, 2.05) is 0 Å². The Morgan fingerprint density at radius 1 is 1.47 bits per heavy atom. The number of aromatic nitrogens is 3. The second-order valence-electron chi connectivity index (χ2n) is 3.29. The third-order valence-electron chi connectivity index (χ3n) is 2.31. The van der Waals surface area contributed by atoms with Crippen LogP contribution in [0.3, 0.4) is 0 Å². The van der Waals surface area contributed by atoms with Crippen molar-refractivity contribution in [1.29, 1.82) is 0 Å². The highest BCUT2D eigenvalue weighted by atomic mass is 32.1. The monoisotopic (exact) mass is 248 g/mol. The Hall–Kier alpha value is -2.35. The summed E-state index contributed by atoms with van der Waals surface area (Å²) in [5.74, 6) is 0. The number of pyridine rings is 1. The molecule has 3 aromatic rings. The van der Waals surface area contributed by atoms with Gasteiger partial charge in [0.1, 0.15) is 6.20 Å². The second-order valence-corrected chi connectivity index (χ2v) is 4.17. The summed E-state index contributed by atoms with van der Waals surface area (Å²) in [6.45, 7) is 0. The highest BCUT2D eigenvalue weighted by molar-refractivity contribution is 7.15. The van der Waals surface area contributed by atoms with Gasteiger partial charge in [0.2, 0.25) is 0 Å². The summed E-state index contributed by atoms with van der Waals surface area (Å²) in [4.78, 5) is 30.0. The Balaban J connectivity index is 2.52. The molecule has 7 nitrogen and oxygen atoms in total. The molecule has 17 heavy (non-hydrogen) atoms. The van der Waals surface area contributed by atoms with Crippen molar-refractivity contribution >= 4 is 33.0 Å². The van der Waals surface area contributed by atoms with Crippen molar-refractivity contribution in [2.45, 2.75) is 0 Å². The molecule has 0 saturated carbocycles. The Labute approximate surface area is 97.1 Å². The molecule has 0 saturated heterocycles. The highest BCUT2D eigenvalue weighted by Crippen LogP contribution is 2.17. The average Bonchev–Trinajstić information content (AvgIpc) is 2.76. The molecule has 0 fully saturated rings. The number of nitrogens with zero attached hydrogens (tertiary/aromatic N) is 4. The quantitative estimate of drug-likeness (QED) is 0.477. The van der Waals surface area contributed by atoms with E-state index in [4.69, 9.17) is 0 Å². The third-order valence-corrected chi connectivity index (χ3v) is 3.06. The SMILES string of the molecule is O=c1nc2sccn2c2ncc([N+](=O)[O-])cc12. The minimum atomic E-state index is -0.589. The molecular weight excluding hydrogens is 244 g/mol. The second kappa shape index (κ2) is 3.32. The zero-order chi connectivity index (χ0) is 12.0. The molecule has 3 rings (SSSR count). The molecule has 0 aliphatic carbocycles. The fourth-order valence-corrected chi connectivity index (χ4v) is 2.26. The van der Waals surface area contributed by atoms with Gasteiger partial charge in [0.05, 0.1) is 10.3 Å². The predicted molar refractivity (Wildman–Crippen MR) is 61.3 cm³/mol. The molecule has 0 aromatic carbocycles. The Kier molecular flexibility index (Phi) is 1.92. The van der Waals surface area contributed by atoms with Crippen LogP contribution in [0.4, 0.5) is 5.69 Å². The van der Waals surface area contributed by atoms with E-state index in [2.05, 4.69) is 9.97 Å². The minimum absolute atomic E-state index is 0.148. The molecular formula is C9H4N4O3S. The van der Waals surface area contributed by atoms with Gasteiger partial charge in [0.25, 0.3) is 11.2 Å². The van der Waals surface area contributed by atoms with Crippen LogP contribution in [0.25, 0.3) is 16.0 Å². The Morgan fingerprint density at radius 3 is 3.06 bits per heavy atom. The van der Waals surface area contributed by atoms with Crippen LogP contribution in [-0.2, 0) is 0 Å². The van der Waals surface area contributed by atoms with Gasteiger partial charge < -0.3 is 0 Å². The molecule has 0 N–H and O–H groups in total. The topological polar surface area (TPSA) is 90.4 Å². The van der Waals surface area contributed by atoms with E-state index in [1.165, 1.54) is 17.4 Å². The van der Waals surface area contributed by atoms with Gasteiger partial charge in [0, 0.05) is 17.6 Å². The number of nitro groups is 1. The number of rotatable bonds is 1. The first-order chi connectivity index (χ1) is 8.16. The van der Waals surface area contributed by atoms with Crippen LogP contribution >= 0.6 is 11.3 Å². The van der Waals surface area contributed by atoms with Crippen LogP contribution < -0.4 is 5.56 Å². The first-order valence-corrected chi connectivity index (χ1v) is 5.45. The van der Waals surface area contributed by atoms with E-state index < -0.39 is 10.5 Å². The van der Waals surface area contributed by atoms with E-state index in [1.54, 1.807) is 16.0 Å². The van der Waals surface area contributed by atoms with Crippen molar-refractivity contribution in [3.05, 3.63) is 44.3 Å². The Morgan fingerprint density at radius 2 is 2.29 bits per heavy atom. The summed E-state index contributed by atoms with van der Waals surface area (Å²) >= 11 is 1.30. The van der Waals surface area contributed by atoms with Crippen molar-refractivity contribution in [3.63, 3.8) is 0 Å². The van der Waals surface area contributed by atoms with Crippen molar-refractivity contribution in [1.82, 2.24) is 14.4 Å². The van der Waals surface area contributed by atoms with Gasteiger partial charge in [-0.2, -0.15) is 4.98 Å². The standard InChI is InChI=1S/C9H4N4O3S/c14-8-6-3-5(13(15)16)4-10-7(6)12-1-2-17-9(12)11-8/h1-4H. The minimum Gasteiger partial charge on any atom is -0.276 e. The summed E-state index contributed by atoms with van der Waals surface area (Å²) in [6.07, 6.45) is 2.85. The highest BCUT2D eigenvalue weighted by Gasteiger charge is 2.12. The molecule has 0 spiro atoms. The number of fused-ring (bicyclic) bond motifs is 3. The first kappa shape index (κ1) is 9.85. The maximum atomic E-state index is 11.7. The van der Waals surface area contributed by atoms with Gasteiger partial charge in [-0.05, 0) is 0 Å². The summed E-state index contributed by atoms with van der Waals surface area (Å²) in [5, 5.41) is 12.5. The molecule has 0 atom stereocenters. The van der Waals surface area contributed by atoms with Crippen molar-refractivity contribution in [3.8, 4) is 0 Å². The Bertz CT molecular complexity index is 807. The maximum Gasteiger partial charge on any atom is 0.288 e. The van der Waals surface area contributed by atoms with Gasteiger partial charge in [-0.1, -0.05) is 0 Å². The smallest absolute Gasteiger partial charge is 0.276 e. The van der Waals surface area contributed by atoms with Crippen LogP contribution in [0.1, 0.15) is 0 Å². The summed E-state index contributed by atoms with van der Waals surface area (Å²) < 4.78 is 1.63. The summed E-state index contributed by atoms with van der Waals surface area (Å²) in [5.41, 5.74) is -0.336. The first-order valence-electron chi connectivity index (χ1n) is 4.57. The van der Waals surface area contributed by atoms with Crippen LogP contribution in [0.2, 0.25) is 0 Å². The fourth-order valence-electron chi connectivity index (χ4n) is 1.56. The molecule has 3 aromatic heterocycles. The van der Waals surface area contributed by atoms with Crippen molar-refractivity contribution < 1.29 is 4.92 Å². The number of hydrogen-bond acceptors (Lipinski definition) is 6. The van der Waals surface area contributed by atoms with E-state index in [9.17, 15) is 14.9 Å². The predicted octanol–water partition coefficient (Wildman–Crippen LogP) is 1.21. The molecule has 0 radical (unpaired) electrons. The number of thiazole rings is 1. The normalized spacial score (nSPS) is 11.1. The van der Waals surface area contributed by atoms with Crippen LogP contribution in [-0.4, -0.2) is 19.3 Å². The molecule has 0 unspecified atom stereocenters. The van der Waals surface area contributed by atoms with Crippen molar-refractivity contribution in [2.24, 2.45) is 0 Å². The van der Waals surface area contributed by atoms with Gasteiger partial charge in [-0.15, -0.1) is 11.3 Å². The molecule has 0 bridgehead atoms. The van der Waals surface area contributed by atoms with E-state index >= 15 is 0 Å². The van der Waals surface area contributed by atoms with Crippen molar-refractivity contribution in [2.75, 3.05) is 0 Å². The molecule has 0 aliphatic rings. The lowest BCUT2D eigenvalue weighted by atomic mass is 10.3. The van der Waals surface area contributed by atoms with Gasteiger partial charge in [-0.25, -0.2) is 4.98 Å². The molecule has 3 heterocycles. The van der Waals surface area contributed by atoms with Gasteiger partial charge in [0.15, 0.2) is 10.6 Å². The van der Waals surface area contributed by atoms with Gasteiger partial charge in [-0.3, -0.25) is 19.3 Å². The largest absolute Gasteiger partial charge is 0.288 e. The lowest BCUT2D eigenvalue weighted by Crippen LogP contribution is -2.10. The molecule has 84 valence electrons. The molecule has 0 aliphatic heterocycles. The fraction of sp³-hybridized carbons (Fsp3) is 0. The molecule has 0 amide bonds. The van der Waals surface area contributed by atoms with E-state index in [0.717, 1.165) is 6.20 Å². The van der Waals surface area contributed by atoms with Crippen LogP contribution in [0.15, 0.2) is 28.6 Å². The third kappa shape index (κ3) is 1.38. The van der Waals surface area contributed by atoms with Crippen LogP contribution in [0, 0.1) is 10.1 Å². The van der Waals surface area contributed by atoms with E-state index in [0.29, 0.717) is 10.6 Å². The zero-order valence-corrected chi connectivity index (χ0v) is 9.05.